The summed E-state index contributed by atoms with van der Waals surface area (Å²) in [6, 6.07) is 0. The van der Waals surface area contributed by atoms with Crippen molar-refractivity contribution in [3.63, 3.8) is 0 Å². The maximum absolute atomic E-state index is 13.2. The molecule has 5 heteroatoms. The molecule has 2 atom stereocenters. The quantitative estimate of drug-likeness (QED) is 0.793. The Balaban J connectivity index is 2.43. The first-order valence-electron chi connectivity index (χ1n) is 8.97. The predicted molar refractivity (Wildman–Crippen MR) is 94.4 cm³/mol. The fraction of sp³-hybridized carbons (Fsp3) is 0.684. The molecule has 1 saturated heterocycles. The number of aromatic nitrogens is 1. The molecule has 5 nitrogen and oxygen atoms in total. The summed E-state index contributed by atoms with van der Waals surface area (Å²) in [7, 11) is 0. The number of ether oxygens (including phenoxy) is 1. The molecular formula is C19H30N2O3. The normalized spacial score (nSPS) is 21.0. The first-order valence-corrected chi connectivity index (χ1v) is 8.97. The van der Waals surface area contributed by atoms with Crippen molar-refractivity contribution in [2.45, 2.75) is 54.5 Å². The molecule has 1 fully saturated rings. The highest BCUT2D eigenvalue weighted by Crippen LogP contribution is 2.28. The molecule has 0 radical (unpaired) electrons. The van der Waals surface area contributed by atoms with Gasteiger partial charge in [-0.3, -0.25) is 4.79 Å². The van der Waals surface area contributed by atoms with Gasteiger partial charge in [-0.05, 0) is 51.5 Å². The highest BCUT2D eigenvalue weighted by molar-refractivity contribution is 6.01. The van der Waals surface area contributed by atoms with Gasteiger partial charge in [0, 0.05) is 25.3 Å². The van der Waals surface area contributed by atoms with Gasteiger partial charge in [0.15, 0.2) is 0 Å². The lowest BCUT2D eigenvalue weighted by atomic mass is 9.91. The van der Waals surface area contributed by atoms with E-state index in [1.807, 2.05) is 30.2 Å². The maximum atomic E-state index is 13.2. The first kappa shape index (κ1) is 18.6. The zero-order chi connectivity index (χ0) is 18.0. The summed E-state index contributed by atoms with van der Waals surface area (Å²) in [6.45, 7) is 14.5. The van der Waals surface area contributed by atoms with Crippen molar-refractivity contribution in [1.82, 2.24) is 9.47 Å². The van der Waals surface area contributed by atoms with Crippen LogP contribution in [0, 0.1) is 25.7 Å². The Labute approximate surface area is 145 Å². The molecule has 1 aromatic heterocycles. The van der Waals surface area contributed by atoms with Crippen LogP contribution in [0.3, 0.4) is 0 Å². The number of likely N-dealkylation sites (tertiary alicyclic amines) is 1. The minimum absolute atomic E-state index is 0.0427. The van der Waals surface area contributed by atoms with Crippen LogP contribution >= 0.6 is 0 Å². The maximum Gasteiger partial charge on any atom is 0.355 e. The van der Waals surface area contributed by atoms with Crippen LogP contribution in [0.2, 0.25) is 0 Å². The summed E-state index contributed by atoms with van der Waals surface area (Å²) in [5.41, 5.74) is 2.78. The third-order valence-electron chi connectivity index (χ3n) is 4.92. The average molecular weight is 334 g/mol. The molecule has 0 N–H and O–H groups in total. The molecular weight excluding hydrogens is 304 g/mol. The smallest absolute Gasteiger partial charge is 0.355 e. The molecule has 24 heavy (non-hydrogen) atoms. The molecule has 2 rings (SSSR count). The van der Waals surface area contributed by atoms with Gasteiger partial charge in [0.05, 0.1) is 12.2 Å². The third-order valence-corrected chi connectivity index (χ3v) is 4.92. The van der Waals surface area contributed by atoms with Gasteiger partial charge in [-0.25, -0.2) is 4.79 Å². The Hall–Kier alpha value is -1.78. The van der Waals surface area contributed by atoms with Gasteiger partial charge >= 0.3 is 5.97 Å². The van der Waals surface area contributed by atoms with E-state index in [4.69, 9.17) is 4.74 Å². The van der Waals surface area contributed by atoms with Gasteiger partial charge in [-0.2, -0.15) is 0 Å². The Morgan fingerprint density at radius 1 is 1.12 bits per heavy atom. The fourth-order valence-electron chi connectivity index (χ4n) is 4.05. The lowest BCUT2D eigenvalue weighted by Crippen LogP contribution is -2.42. The van der Waals surface area contributed by atoms with Crippen LogP contribution in [0.5, 0.6) is 0 Å². The van der Waals surface area contributed by atoms with E-state index in [9.17, 15) is 9.59 Å². The summed E-state index contributed by atoms with van der Waals surface area (Å²) in [6.07, 6.45) is 1.16. The van der Waals surface area contributed by atoms with Crippen molar-refractivity contribution in [2.24, 2.45) is 11.8 Å². The summed E-state index contributed by atoms with van der Waals surface area (Å²) in [4.78, 5) is 27.4. The number of hydrogen-bond donors (Lipinski definition) is 0. The zero-order valence-corrected chi connectivity index (χ0v) is 15.8. The second kappa shape index (κ2) is 7.41. The number of nitrogens with zero attached hydrogens (tertiary/aromatic N) is 2. The summed E-state index contributed by atoms with van der Waals surface area (Å²) < 4.78 is 7.09. The van der Waals surface area contributed by atoms with E-state index in [-0.39, 0.29) is 11.9 Å². The molecule has 0 aromatic carbocycles. The predicted octanol–water partition coefficient (Wildman–Crippen LogP) is 3.42. The van der Waals surface area contributed by atoms with Crippen LogP contribution < -0.4 is 0 Å². The average Bonchev–Trinajstić information content (AvgIpc) is 2.76. The largest absolute Gasteiger partial charge is 0.461 e. The number of rotatable bonds is 4. The van der Waals surface area contributed by atoms with Crippen molar-refractivity contribution >= 4 is 11.9 Å². The van der Waals surface area contributed by atoms with Crippen LogP contribution in [-0.2, 0) is 11.3 Å². The van der Waals surface area contributed by atoms with Crippen LogP contribution in [0.25, 0.3) is 0 Å². The van der Waals surface area contributed by atoms with Crippen molar-refractivity contribution in [1.29, 1.82) is 0 Å². The molecule has 134 valence electrons. The second-order valence-electron chi connectivity index (χ2n) is 7.05. The molecule has 2 unspecified atom stereocenters. The highest BCUT2D eigenvalue weighted by Gasteiger charge is 2.32. The van der Waals surface area contributed by atoms with Crippen molar-refractivity contribution in [3.8, 4) is 0 Å². The lowest BCUT2D eigenvalue weighted by Gasteiger charge is -2.35. The molecule has 1 amide bonds. The van der Waals surface area contributed by atoms with E-state index in [1.54, 1.807) is 6.92 Å². The first-order chi connectivity index (χ1) is 11.3. The highest BCUT2D eigenvalue weighted by atomic mass is 16.5. The third kappa shape index (κ3) is 3.35. The summed E-state index contributed by atoms with van der Waals surface area (Å²) in [5, 5.41) is 0. The lowest BCUT2D eigenvalue weighted by molar-refractivity contribution is 0.0512. The minimum atomic E-state index is -0.348. The second-order valence-corrected chi connectivity index (χ2v) is 7.05. The Kier molecular flexibility index (Phi) is 5.73. The number of carbonyl (C=O) groups is 2. The van der Waals surface area contributed by atoms with Crippen molar-refractivity contribution < 1.29 is 14.3 Å². The number of hydrogen-bond acceptors (Lipinski definition) is 3. The fourth-order valence-corrected chi connectivity index (χ4v) is 4.05. The molecule has 0 bridgehead atoms. The van der Waals surface area contributed by atoms with E-state index in [0.29, 0.717) is 36.2 Å². The van der Waals surface area contributed by atoms with E-state index in [2.05, 4.69) is 13.8 Å². The van der Waals surface area contributed by atoms with Gasteiger partial charge < -0.3 is 14.2 Å². The van der Waals surface area contributed by atoms with Crippen molar-refractivity contribution in [3.05, 3.63) is 22.5 Å². The molecule has 1 aliphatic heterocycles. The molecule has 0 saturated carbocycles. The molecule has 2 heterocycles. The van der Waals surface area contributed by atoms with Gasteiger partial charge in [0.2, 0.25) is 0 Å². The zero-order valence-electron chi connectivity index (χ0n) is 15.8. The summed E-state index contributed by atoms with van der Waals surface area (Å²) >= 11 is 0. The Morgan fingerprint density at radius 3 is 2.21 bits per heavy atom. The van der Waals surface area contributed by atoms with Crippen LogP contribution in [0.1, 0.15) is 66.2 Å². The van der Waals surface area contributed by atoms with Gasteiger partial charge in [-0.1, -0.05) is 13.8 Å². The Morgan fingerprint density at radius 2 is 1.71 bits per heavy atom. The standard InChI is InChI=1S/C19H30N2O3/c1-7-21-15(6)16(14(5)17(21)19(23)24-8-2)18(22)20-10-12(3)9-13(4)11-20/h12-13H,7-11H2,1-6H3. The van der Waals surface area contributed by atoms with E-state index >= 15 is 0 Å². The van der Waals surface area contributed by atoms with E-state index in [1.165, 1.54) is 0 Å². The van der Waals surface area contributed by atoms with Gasteiger partial charge in [-0.15, -0.1) is 0 Å². The monoisotopic (exact) mass is 334 g/mol. The molecule has 1 aromatic rings. The number of esters is 1. The topological polar surface area (TPSA) is 51.5 Å². The number of carbonyl (C=O) groups excluding carboxylic acids is 2. The Bertz CT molecular complexity index is 623. The van der Waals surface area contributed by atoms with Crippen LogP contribution in [-0.4, -0.2) is 41.0 Å². The molecule has 0 aliphatic carbocycles. The van der Waals surface area contributed by atoms with E-state index in [0.717, 1.165) is 30.8 Å². The van der Waals surface area contributed by atoms with Crippen LogP contribution in [0.15, 0.2) is 0 Å². The van der Waals surface area contributed by atoms with Crippen LogP contribution in [0.4, 0.5) is 0 Å². The number of amides is 1. The van der Waals surface area contributed by atoms with E-state index < -0.39 is 0 Å². The van der Waals surface area contributed by atoms with Gasteiger partial charge in [0.25, 0.3) is 5.91 Å². The minimum Gasteiger partial charge on any atom is -0.461 e. The SMILES string of the molecule is CCOC(=O)c1c(C)c(C(=O)N2CC(C)CC(C)C2)c(C)n1CC. The van der Waals surface area contributed by atoms with Crippen molar-refractivity contribution in [2.75, 3.05) is 19.7 Å². The molecule has 0 spiro atoms. The number of piperidine rings is 1. The van der Waals surface area contributed by atoms with Gasteiger partial charge in [0.1, 0.15) is 5.69 Å². The molecule has 1 aliphatic rings. The summed E-state index contributed by atoms with van der Waals surface area (Å²) in [5.74, 6) is 0.715.